The zero-order chi connectivity index (χ0) is 27.9. The van der Waals surface area contributed by atoms with Gasteiger partial charge in [-0.2, -0.15) is 0 Å². The number of esters is 1. The van der Waals surface area contributed by atoms with Gasteiger partial charge in [-0.1, -0.05) is 42.5 Å². The fraction of sp³-hybridized carbons (Fsp3) is 0.310. The molecular formula is C29H31N3O6S. The van der Waals surface area contributed by atoms with E-state index in [1.54, 1.807) is 49.4 Å². The first kappa shape index (κ1) is 28.0. The number of carbonyl (C=O) groups excluding carboxylic acids is 4. The molecule has 3 amide bonds. The van der Waals surface area contributed by atoms with E-state index in [1.165, 1.54) is 0 Å². The third-order valence-electron chi connectivity index (χ3n) is 6.08. The number of nitrogens with one attached hydrogen (secondary N) is 3. The molecule has 9 nitrogen and oxygen atoms in total. The van der Waals surface area contributed by atoms with Gasteiger partial charge in [-0.15, -0.1) is 11.3 Å². The number of hydrogen-bond acceptors (Lipinski definition) is 7. The normalized spacial score (nSPS) is 16.7. The van der Waals surface area contributed by atoms with Gasteiger partial charge in [0.05, 0.1) is 12.1 Å². The third kappa shape index (κ3) is 7.52. The summed E-state index contributed by atoms with van der Waals surface area (Å²) in [7, 11) is 0. The monoisotopic (exact) mass is 549 g/mol. The highest BCUT2D eigenvalue weighted by molar-refractivity contribution is 7.13. The van der Waals surface area contributed by atoms with Crippen molar-refractivity contribution in [1.29, 1.82) is 0 Å². The van der Waals surface area contributed by atoms with E-state index in [9.17, 15) is 19.2 Å². The van der Waals surface area contributed by atoms with Gasteiger partial charge in [-0.3, -0.25) is 25.2 Å². The van der Waals surface area contributed by atoms with Crippen LogP contribution in [0.2, 0.25) is 0 Å². The Morgan fingerprint density at radius 2 is 1.74 bits per heavy atom. The van der Waals surface area contributed by atoms with Crippen LogP contribution < -0.4 is 16.2 Å². The summed E-state index contributed by atoms with van der Waals surface area (Å²) >= 11 is 1.66. The van der Waals surface area contributed by atoms with Crippen LogP contribution in [0.5, 0.6) is 0 Å². The van der Waals surface area contributed by atoms with E-state index in [0.29, 0.717) is 11.1 Å². The van der Waals surface area contributed by atoms with Crippen LogP contribution in [0.25, 0.3) is 10.4 Å². The molecular weight excluding hydrogens is 518 g/mol. The van der Waals surface area contributed by atoms with Crippen LogP contribution in [0.15, 0.2) is 66.0 Å². The van der Waals surface area contributed by atoms with E-state index in [0.717, 1.165) is 16.0 Å². The van der Waals surface area contributed by atoms with Crippen molar-refractivity contribution >= 4 is 35.0 Å². The molecule has 1 fully saturated rings. The van der Waals surface area contributed by atoms with Crippen LogP contribution in [0.1, 0.15) is 54.7 Å². The summed E-state index contributed by atoms with van der Waals surface area (Å²) in [5.74, 6) is -1.93. The predicted molar refractivity (Wildman–Crippen MR) is 147 cm³/mol. The van der Waals surface area contributed by atoms with Crippen molar-refractivity contribution in [1.82, 2.24) is 16.2 Å². The fourth-order valence-electron chi connectivity index (χ4n) is 4.03. The van der Waals surface area contributed by atoms with Gasteiger partial charge in [0.1, 0.15) is 0 Å². The van der Waals surface area contributed by atoms with Gasteiger partial charge in [-0.25, -0.2) is 4.79 Å². The van der Waals surface area contributed by atoms with Gasteiger partial charge in [0.15, 0.2) is 12.2 Å². The Morgan fingerprint density at radius 1 is 0.949 bits per heavy atom. The number of amides is 3. The van der Waals surface area contributed by atoms with Gasteiger partial charge in [-0.05, 0) is 67.5 Å². The number of aryl methyl sites for hydroxylation is 1. The van der Waals surface area contributed by atoms with Gasteiger partial charge in [0.25, 0.3) is 11.8 Å². The topological polar surface area (TPSA) is 126 Å². The van der Waals surface area contributed by atoms with Crippen LogP contribution in [0.4, 0.5) is 0 Å². The van der Waals surface area contributed by atoms with Crippen molar-refractivity contribution in [3.63, 3.8) is 0 Å². The fourth-order valence-corrected chi connectivity index (χ4v) is 4.75. The van der Waals surface area contributed by atoms with Crippen molar-refractivity contribution in [2.75, 3.05) is 0 Å². The minimum absolute atomic E-state index is 0.0350. The van der Waals surface area contributed by atoms with Crippen molar-refractivity contribution < 1.29 is 28.7 Å². The molecule has 3 unspecified atom stereocenters. The van der Waals surface area contributed by atoms with E-state index in [2.05, 4.69) is 28.3 Å². The summed E-state index contributed by atoms with van der Waals surface area (Å²) in [5, 5.41) is 5.08. The molecule has 3 aromatic rings. The maximum Gasteiger partial charge on any atom is 0.338 e. The molecule has 0 bridgehead atoms. The molecule has 0 radical (unpaired) electrons. The van der Waals surface area contributed by atoms with E-state index in [4.69, 9.17) is 9.47 Å². The number of hydrogen-bond donors (Lipinski definition) is 3. The lowest BCUT2D eigenvalue weighted by Gasteiger charge is -2.17. The van der Waals surface area contributed by atoms with E-state index >= 15 is 0 Å². The summed E-state index contributed by atoms with van der Waals surface area (Å²) in [6.45, 7) is 5.33. The Bertz CT molecular complexity index is 1340. The second kappa shape index (κ2) is 12.7. The number of rotatable bonds is 10. The molecule has 10 heteroatoms. The molecule has 1 aromatic heterocycles. The second-order valence-corrected chi connectivity index (χ2v) is 10.4. The highest BCUT2D eigenvalue weighted by Crippen LogP contribution is 2.27. The summed E-state index contributed by atoms with van der Waals surface area (Å²) in [6, 6.07) is 19.0. The van der Waals surface area contributed by atoms with Crippen molar-refractivity contribution in [3.05, 3.63) is 82.7 Å². The number of carbonyl (C=O) groups is 4. The Hall–Kier alpha value is -4.02. The largest absolute Gasteiger partial charge is 0.461 e. The molecule has 3 atom stereocenters. The first-order valence-electron chi connectivity index (χ1n) is 12.7. The molecule has 1 saturated heterocycles. The number of epoxide rings is 1. The maximum atomic E-state index is 13.1. The lowest BCUT2D eigenvalue weighted by molar-refractivity contribution is -0.149. The summed E-state index contributed by atoms with van der Waals surface area (Å²) < 4.78 is 10.1. The molecule has 4 rings (SSSR count). The molecule has 2 aromatic carbocycles. The highest BCUT2D eigenvalue weighted by atomic mass is 32.1. The molecule has 3 N–H and O–H groups in total. The first-order chi connectivity index (χ1) is 18.7. The zero-order valence-corrected chi connectivity index (χ0v) is 22.7. The van der Waals surface area contributed by atoms with Crippen LogP contribution >= 0.6 is 11.3 Å². The van der Waals surface area contributed by atoms with Crippen LogP contribution in [-0.2, 0) is 30.3 Å². The molecule has 204 valence electrons. The average molecular weight is 550 g/mol. The van der Waals surface area contributed by atoms with E-state index in [1.807, 2.05) is 36.6 Å². The minimum Gasteiger partial charge on any atom is -0.461 e. The second-order valence-electron chi connectivity index (χ2n) is 9.46. The molecule has 39 heavy (non-hydrogen) atoms. The number of hydrazine groups is 1. The van der Waals surface area contributed by atoms with E-state index in [-0.39, 0.29) is 30.9 Å². The lowest BCUT2D eigenvalue weighted by Crippen LogP contribution is -2.44. The summed E-state index contributed by atoms with van der Waals surface area (Å²) in [5.41, 5.74) is 7.86. The molecule has 1 aliphatic rings. The molecule has 0 aliphatic carbocycles. The highest BCUT2D eigenvalue weighted by Gasteiger charge is 2.52. The lowest BCUT2D eigenvalue weighted by atomic mass is 10.0. The van der Waals surface area contributed by atoms with E-state index < -0.39 is 30.0 Å². The van der Waals surface area contributed by atoms with Gasteiger partial charge < -0.3 is 14.8 Å². The van der Waals surface area contributed by atoms with Crippen LogP contribution in [0, 0.1) is 0 Å². The first-order valence-corrected chi connectivity index (χ1v) is 13.6. The minimum atomic E-state index is -0.992. The molecule has 2 heterocycles. The zero-order valence-electron chi connectivity index (χ0n) is 21.9. The SMILES string of the molecule is CC(C)OC(=O)C1OC1C(=O)NNC(=O)CCc1ccccc1C(=O)NC(C)c1cccc(-c2cccs2)c1. The average Bonchev–Trinajstić information content (AvgIpc) is 3.55. The maximum absolute atomic E-state index is 13.1. The molecule has 0 saturated carbocycles. The van der Waals surface area contributed by atoms with Crippen LogP contribution in [0.3, 0.4) is 0 Å². The molecule has 0 spiro atoms. The number of benzene rings is 2. The third-order valence-corrected chi connectivity index (χ3v) is 7.00. The van der Waals surface area contributed by atoms with Crippen molar-refractivity contribution in [3.8, 4) is 10.4 Å². The molecule has 1 aliphatic heterocycles. The Labute approximate surface area is 230 Å². The Kier molecular flexibility index (Phi) is 9.11. The summed E-state index contributed by atoms with van der Waals surface area (Å²) in [4.78, 5) is 50.5. The number of thiophene rings is 1. The standard InChI is InChI=1S/C29H31N3O6S/c1-17(2)37-29(36)26-25(38-26)28(35)32-31-24(33)14-13-19-8-4-5-11-22(19)27(34)30-18(3)20-9-6-10-21(16-20)23-12-7-15-39-23/h4-12,15-18,25-26H,13-14H2,1-3H3,(H,30,34)(H,31,33)(H,32,35). The van der Waals surface area contributed by atoms with Gasteiger partial charge in [0, 0.05) is 16.9 Å². The summed E-state index contributed by atoms with van der Waals surface area (Å²) in [6.07, 6.45) is -1.95. The van der Waals surface area contributed by atoms with Crippen molar-refractivity contribution in [2.24, 2.45) is 0 Å². The number of ether oxygens (including phenoxy) is 2. The van der Waals surface area contributed by atoms with Crippen molar-refractivity contribution in [2.45, 2.75) is 58.0 Å². The van der Waals surface area contributed by atoms with Crippen LogP contribution in [-0.4, -0.2) is 42.0 Å². The predicted octanol–water partition coefficient (Wildman–Crippen LogP) is 3.71. The smallest absolute Gasteiger partial charge is 0.338 e. The quantitative estimate of drug-likeness (QED) is 0.201. The van der Waals surface area contributed by atoms with Gasteiger partial charge >= 0.3 is 5.97 Å². The van der Waals surface area contributed by atoms with Gasteiger partial charge in [0.2, 0.25) is 5.91 Å². The Balaban J connectivity index is 1.28. The Morgan fingerprint density at radius 3 is 2.49 bits per heavy atom.